The zero-order valence-corrected chi connectivity index (χ0v) is 10.2. The summed E-state index contributed by atoms with van der Waals surface area (Å²) in [5.74, 6) is 0. The minimum absolute atomic E-state index is 0.164. The molecule has 82 valence electrons. The van der Waals surface area contributed by atoms with Crippen molar-refractivity contribution >= 4 is 12.1 Å². The first-order valence-electron chi connectivity index (χ1n) is 5.18. The average molecular weight is 206 g/mol. The van der Waals surface area contributed by atoms with Crippen LogP contribution < -0.4 is 4.48 Å². The van der Waals surface area contributed by atoms with Crippen LogP contribution in [0.5, 0.6) is 0 Å². The van der Waals surface area contributed by atoms with Gasteiger partial charge in [-0.05, 0) is 23.1 Å². The van der Waals surface area contributed by atoms with Crippen LogP contribution in [0.15, 0.2) is 24.3 Å². The molecule has 1 aromatic carbocycles. The molecule has 0 radical (unpaired) electrons. The summed E-state index contributed by atoms with van der Waals surface area (Å²) in [6, 6.07) is 8.24. The normalized spacial score (nSPS) is 12.6. The van der Waals surface area contributed by atoms with Gasteiger partial charge in [-0.1, -0.05) is 32.9 Å². The average Bonchev–Trinajstić information content (AvgIpc) is 2.17. The fourth-order valence-electron chi connectivity index (χ4n) is 1.41. The molecule has 2 heteroatoms. The Kier molecular flexibility index (Phi) is 3.00. The number of hydrogen-bond acceptors (Lipinski definition) is 1. The highest BCUT2D eigenvalue weighted by Gasteiger charge is 2.19. The molecule has 0 aliphatic rings. The van der Waals surface area contributed by atoms with Gasteiger partial charge < -0.3 is 0 Å². The molecule has 0 atom stereocenters. The molecular formula is C13H20NO+. The van der Waals surface area contributed by atoms with Crippen LogP contribution in [0.3, 0.4) is 0 Å². The molecule has 0 fully saturated rings. The second-order valence-electron chi connectivity index (χ2n) is 5.44. The van der Waals surface area contributed by atoms with Gasteiger partial charge in [-0.3, -0.25) is 0 Å². The van der Waals surface area contributed by atoms with Crippen LogP contribution in [0.1, 0.15) is 26.3 Å². The summed E-state index contributed by atoms with van der Waals surface area (Å²) in [4.78, 5) is 10.9. The van der Waals surface area contributed by atoms with Crippen molar-refractivity contribution in [3.05, 3.63) is 29.8 Å². The summed E-state index contributed by atoms with van der Waals surface area (Å²) < 4.78 is 0.268. The molecule has 0 aromatic heterocycles. The number of hydrogen-bond donors (Lipinski definition) is 0. The van der Waals surface area contributed by atoms with Crippen LogP contribution in [0.4, 0.5) is 5.69 Å². The Balaban J connectivity index is 3.06. The first-order valence-corrected chi connectivity index (χ1v) is 5.18. The molecular weight excluding hydrogens is 186 g/mol. The van der Waals surface area contributed by atoms with Gasteiger partial charge in [0.05, 0.1) is 14.1 Å². The quantitative estimate of drug-likeness (QED) is 0.537. The van der Waals surface area contributed by atoms with Crippen LogP contribution >= 0.6 is 0 Å². The molecule has 15 heavy (non-hydrogen) atoms. The van der Waals surface area contributed by atoms with Crippen molar-refractivity contribution in [1.82, 2.24) is 4.48 Å². The predicted molar refractivity (Wildman–Crippen MR) is 64.8 cm³/mol. The smallest absolute Gasteiger partial charge is 0.236 e. The van der Waals surface area contributed by atoms with E-state index in [1.54, 1.807) is 0 Å². The van der Waals surface area contributed by atoms with E-state index in [0.29, 0.717) is 0 Å². The second kappa shape index (κ2) is 3.78. The van der Waals surface area contributed by atoms with Gasteiger partial charge in [-0.15, -0.1) is 0 Å². The lowest BCUT2D eigenvalue weighted by atomic mass is 9.87. The van der Waals surface area contributed by atoms with E-state index in [-0.39, 0.29) is 9.90 Å². The molecule has 2 nitrogen and oxygen atoms in total. The van der Waals surface area contributed by atoms with Gasteiger partial charge in [-0.25, -0.2) is 9.28 Å². The summed E-state index contributed by atoms with van der Waals surface area (Å²) in [6.45, 7) is 6.55. The zero-order chi connectivity index (χ0) is 11.7. The summed E-state index contributed by atoms with van der Waals surface area (Å²) in [7, 11) is 3.75. The van der Waals surface area contributed by atoms with Gasteiger partial charge in [0.15, 0.2) is 0 Å². The Labute approximate surface area is 92.1 Å². The van der Waals surface area contributed by atoms with Crippen LogP contribution in [0.25, 0.3) is 0 Å². The highest BCUT2D eigenvalue weighted by atomic mass is 16.1. The lowest BCUT2D eigenvalue weighted by Crippen LogP contribution is -2.38. The van der Waals surface area contributed by atoms with Gasteiger partial charge in [0.2, 0.25) is 0 Å². The molecule has 0 N–H and O–H groups in total. The van der Waals surface area contributed by atoms with Gasteiger partial charge in [-0.2, -0.15) is 0 Å². The Morgan fingerprint density at radius 2 is 1.53 bits per heavy atom. The van der Waals surface area contributed by atoms with Gasteiger partial charge in [0.25, 0.3) is 0 Å². The maximum atomic E-state index is 10.9. The first-order chi connectivity index (χ1) is 6.77. The highest BCUT2D eigenvalue weighted by Crippen LogP contribution is 2.25. The molecule has 0 bridgehead atoms. The van der Waals surface area contributed by atoms with Crippen LogP contribution in [-0.2, 0) is 10.2 Å². The molecule has 0 saturated carbocycles. The van der Waals surface area contributed by atoms with E-state index in [1.807, 2.05) is 26.2 Å². The van der Waals surface area contributed by atoms with E-state index in [4.69, 9.17) is 0 Å². The SMILES string of the molecule is CC(C)(C)c1ccc([N+](C)(C)C=O)cc1. The van der Waals surface area contributed by atoms with E-state index < -0.39 is 0 Å². The first kappa shape index (κ1) is 11.9. The van der Waals surface area contributed by atoms with Gasteiger partial charge >= 0.3 is 6.41 Å². The number of carbonyl (C=O) groups is 1. The molecule has 0 aliphatic heterocycles. The van der Waals surface area contributed by atoms with Crippen molar-refractivity contribution < 1.29 is 4.79 Å². The van der Waals surface area contributed by atoms with Gasteiger partial charge in [0, 0.05) is 0 Å². The maximum Gasteiger partial charge on any atom is 0.306 e. The summed E-state index contributed by atoms with van der Waals surface area (Å²) >= 11 is 0. The summed E-state index contributed by atoms with van der Waals surface area (Å²) in [5, 5.41) is 0. The molecule has 1 aromatic rings. The van der Waals surface area contributed by atoms with Crippen molar-refractivity contribution in [2.45, 2.75) is 26.2 Å². The maximum absolute atomic E-state index is 10.9. The fourth-order valence-corrected chi connectivity index (χ4v) is 1.41. The van der Waals surface area contributed by atoms with E-state index in [2.05, 4.69) is 32.9 Å². The minimum Gasteiger partial charge on any atom is -0.236 e. The van der Waals surface area contributed by atoms with E-state index in [0.717, 1.165) is 12.1 Å². The number of nitrogens with zero attached hydrogens (tertiary/aromatic N) is 1. The van der Waals surface area contributed by atoms with E-state index in [1.165, 1.54) is 5.56 Å². The predicted octanol–water partition coefficient (Wildman–Crippen LogP) is 2.71. The third-order valence-electron chi connectivity index (χ3n) is 2.66. The van der Waals surface area contributed by atoms with Crippen molar-refractivity contribution in [3.8, 4) is 0 Å². The number of carbonyl (C=O) groups excluding carboxylic acids is 1. The molecule has 0 spiro atoms. The largest absolute Gasteiger partial charge is 0.306 e. The number of amides is 1. The van der Waals surface area contributed by atoms with E-state index >= 15 is 0 Å². The highest BCUT2D eigenvalue weighted by molar-refractivity contribution is 5.68. The van der Waals surface area contributed by atoms with Crippen molar-refractivity contribution in [3.63, 3.8) is 0 Å². The monoisotopic (exact) mass is 206 g/mol. The Morgan fingerprint density at radius 3 is 1.87 bits per heavy atom. The number of rotatable bonds is 2. The second-order valence-corrected chi connectivity index (χ2v) is 5.44. The Bertz CT molecular complexity index is 344. The molecule has 0 heterocycles. The molecule has 1 amide bonds. The number of benzene rings is 1. The van der Waals surface area contributed by atoms with Crippen LogP contribution in [0, 0.1) is 0 Å². The number of quaternary nitrogens is 1. The van der Waals surface area contributed by atoms with Crippen molar-refractivity contribution in [2.24, 2.45) is 0 Å². The fraction of sp³-hybridized carbons (Fsp3) is 0.462. The summed E-state index contributed by atoms with van der Waals surface area (Å²) in [6.07, 6.45) is 0.937. The Hall–Kier alpha value is -1.15. The molecule has 0 aliphatic carbocycles. The van der Waals surface area contributed by atoms with E-state index in [9.17, 15) is 4.79 Å². The van der Waals surface area contributed by atoms with Crippen LogP contribution in [0.2, 0.25) is 0 Å². The van der Waals surface area contributed by atoms with Crippen LogP contribution in [-0.4, -0.2) is 20.5 Å². The molecule has 1 rings (SSSR count). The third-order valence-corrected chi connectivity index (χ3v) is 2.66. The van der Waals surface area contributed by atoms with Crippen molar-refractivity contribution in [1.29, 1.82) is 0 Å². The third kappa shape index (κ3) is 2.66. The lowest BCUT2D eigenvalue weighted by Gasteiger charge is -2.23. The molecule has 0 unspecified atom stereocenters. The summed E-state index contributed by atoms with van der Waals surface area (Å²) in [5.41, 5.74) is 2.46. The lowest BCUT2D eigenvalue weighted by molar-refractivity contribution is -0.115. The topological polar surface area (TPSA) is 17.1 Å². The Morgan fingerprint density at radius 1 is 1.07 bits per heavy atom. The minimum atomic E-state index is 0.164. The van der Waals surface area contributed by atoms with Gasteiger partial charge in [0.1, 0.15) is 5.69 Å². The standard InChI is InChI=1S/C13H20NO/c1-13(2,3)11-6-8-12(9-7-11)14(4,5)10-15/h6-10H,1-5H3/q+1. The zero-order valence-electron chi connectivity index (χ0n) is 10.2. The molecule has 0 saturated heterocycles. The van der Waals surface area contributed by atoms with Crippen molar-refractivity contribution in [2.75, 3.05) is 14.1 Å².